The van der Waals surface area contributed by atoms with Gasteiger partial charge in [-0.25, -0.2) is 8.42 Å². The van der Waals surface area contributed by atoms with Gasteiger partial charge in [-0.05, 0) is 43.3 Å². The predicted molar refractivity (Wildman–Crippen MR) is 91.3 cm³/mol. The van der Waals surface area contributed by atoms with E-state index in [0.717, 1.165) is 6.26 Å². The number of carbonyl (C=O) groups is 1. The molecule has 0 N–H and O–H groups in total. The van der Waals surface area contributed by atoms with Gasteiger partial charge in [-0.3, -0.25) is 4.79 Å². The minimum Gasteiger partial charge on any atom is -0.485 e. The highest BCUT2D eigenvalue weighted by Crippen LogP contribution is 2.29. The molecule has 0 amide bonds. The normalized spacial score (nSPS) is 14.6. The highest BCUT2D eigenvalue weighted by atomic mass is 32.2. The molecule has 0 atom stereocenters. The van der Waals surface area contributed by atoms with Crippen molar-refractivity contribution in [2.24, 2.45) is 0 Å². The maximum atomic E-state index is 11.7. The Morgan fingerprint density at radius 3 is 2.20 bits per heavy atom. The minimum atomic E-state index is -3.26. The van der Waals surface area contributed by atoms with Crippen LogP contribution in [0.25, 0.3) is 0 Å². The molecule has 0 unspecified atom stereocenters. The van der Waals surface area contributed by atoms with Crippen molar-refractivity contribution in [1.82, 2.24) is 0 Å². The van der Waals surface area contributed by atoms with Gasteiger partial charge in [-0.2, -0.15) is 0 Å². The molecule has 0 bridgehead atoms. The highest BCUT2D eigenvalue weighted by molar-refractivity contribution is 7.90. The van der Waals surface area contributed by atoms with Crippen LogP contribution in [-0.4, -0.2) is 39.8 Å². The summed E-state index contributed by atoms with van der Waals surface area (Å²) >= 11 is 0. The molecule has 2 aromatic carbocycles. The molecule has 3 rings (SSSR count). The first-order valence-corrected chi connectivity index (χ1v) is 9.59. The summed E-state index contributed by atoms with van der Waals surface area (Å²) in [6.07, 6.45) is 1.12. The van der Waals surface area contributed by atoms with Gasteiger partial charge in [0.15, 0.2) is 15.6 Å². The van der Waals surface area contributed by atoms with E-state index in [1.165, 1.54) is 19.1 Å². The SMILES string of the molecule is CC(=O)c1cc(Oc2ccc(S(C)(=O)=O)cc2)cc(OC2COC2)c1. The van der Waals surface area contributed by atoms with E-state index in [9.17, 15) is 13.2 Å². The van der Waals surface area contributed by atoms with Gasteiger partial charge >= 0.3 is 0 Å². The zero-order chi connectivity index (χ0) is 18.0. The van der Waals surface area contributed by atoms with Gasteiger partial charge in [0.25, 0.3) is 0 Å². The molecule has 6 nitrogen and oxygen atoms in total. The number of sulfone groups is 1. The lowest BCUT2D eigenvalue weighted by Gasteiger charge is -2.27. The Kier molecular flexibility index (Phi) is 4.78. The largest absolute Gasteiger partial charge is 0.485 e. The van der Waals surface area contributed by atoms with Crippen molar-refractivity contribution in [3.63, 3.8) is 0 Å². The Morgan fingerprint density at radius 2 is 1.68 bits per heavy atom. The van der Waals surface area contributed by atoms with Crippen molar-refractivity contribution in [3.05, 3.63) is 48.0 Å². The van der Waals surface area contributed by atoms with Crippen molar-refractivity contribution >= 4 is 15.6 Å². The smallest absolute Gasteiger partial charge is 0.175 e. The van der Waals surface area contributed by atoms with Crippen LogP contribution in [0.2, 0.25) is 0 Å². The first-order chi connectivity index (χ1) is 11.8. The molecular weight excluding hydrogens is 344 g/mol. The Hall–Kier alpha value is -2.38. The zero-order valence-electron chi connectivity index (χ0n) is 13.9. The molecule has 0 radical (unpaired) electrons. The maximum absolute atomic E-state index is 11.7. The molecule has 1 fully saturated rings. The topological polar surface area (TPSA) is 78.9 Å². The zero-order valence-corrected chi connectivity index (χ0v) is 14.7. The number of benzene rings is 2. The van der Waals surface area contributed by atoms with Gasteiger partial charge in [0, 0.05) is 17.9 Å². The standard InChI is InChI=1S/C18H18O6S/c1-12(19)13-7-15(9-16(8-13)24-17-10-22-11-17)23-14-3-5-18(6-4-14)25(2,20)21/h3-9,17H,10-11H2,1-2H3. The van der Waals surface area contributed by atoms with E-state index in [4.69, 9.17) is 14.2 Å². The molecule has 0 aliphatic carbocycles. The van der Waals surface area contributed by atoms with E-state index in [1.807, 2.05) is 0 Å². The number of ether oxygens (including phenoxy) is 3. The van der Waals surface area contributed by atoms with E-state index in [2.05, 4.69) is 0 Å². The van der Waals surface area contributed by atoms with Crippen LogP contribution in [0.3, 0.4) is 0 Å². The van der Waals surface area contributed by atoms with Crippen LogP contribution in [-0.2, 0) is 14.6 Å². The van der Waals surface area contributed by atoms with E-state index in [0.29, 0.717) is 36.0 Å². The quantitative estimate of drug-likeness (QED) is 0.735. The van der Waals surface area contributed by atoms with Gasteiger partial charge in [-0.15, -0.1) is 0 Å². The van der Waals surface area contributed by atoms with Crippen molar-refractivity contribution in [2.45, 2.75) is 17.9 Å². The predicted octanol–water partition coefficient (Wildman–Crippen LogP) is 2.86. The number of hydrogen-bond donors (Lipinski definition) is 0. The number of rotatable bonds is 6. The van der Waals surface area contributed by atoms with Crippen molar-refractivity contribution < 1.29 is 27.4 Å². The number of Topliss-reactive ketones (excluding diaryl/α,β-unsaturated/α-hetero) is 1. The molecular formula is C18H18O6S. The summed E-state index contributed by atoms with van der Waals surface area (Å²) in [4.78, 5) is 11.9. The minimum absolute atomic E-state index is 0.0240. The van der Waals surface area contributed by atoms with E-state index >= 15 is 0 Å². The summed E-state index contributed by atoms with van der Waals surface area (Å²) in [6.45, 7) is 2.51. The Morgan fingerprint density at radius 1 is 1.04 bits per heavy atom. The van der Waals surface area contributed by atoms with Crippen molar-refractivity contribution in [2.75, 3.05) is 19.5 Å². The molecule has 1 aliphatic rings. The average Bonchev–Trinajstić information content (AvgIpc) is 2.50. The van der Waals surface area contributed by atoms with Gasteiger partial charge in [0.05, 0.1) is 18.1 Å². The fourth-order valence-corrected chi connectivity index (χ4v) is 2.90. The second-order valence-electron chi connectivity index (χ2n) is 5.87. The van der Waals surface area contributed by atoms with Crippen LogP contribution in [0, 0.1) is 0 Å². The van der Waals surface area contributed by atoms with Gasteiger partial charge in [0.1, 0.15) is 23.4 Å². The molecule has 0 aromatic heterocycles. The maximum Gasteiger partial charge on any atom is 0.175 e. The van der Waals surface area contributed by atoms with Crippen LogP contribution >= 0.6 is 0 Å². The second kappa shape index (κ2) is 6.85. The molecule has 1 heterocycles. The number of carbonyl (C=O) groups excluding carboxylic acids is 1. The second-order valence-corrected chi connectivity index (χ2v) is 7.89. The molecule has 7 heteroatoms. The third-order valence-electron chi connectivity index (χ3n) is 3.68. The fraction of sp³-hybridized carbons (Fsp3) is 0.278. The highest BCUT2D eigenvalue weighted by Gasteiger charge is 2.21. The summed E-state index contributed by atoms with van der Waals surface area (Å²) < 4.78 is 39.6. The summed E-state index contributed by atoms with van der Waals surface area (Å²) in [5.41, 5.74) is 0.473. The summed E-state index contributed by atoms with van der Waals surface area (Å²) in [6, 6.07) is 11.1. The third kappa shape index (κ3) is 4.37. The first-order valence-electron chi connectivity index (χ1n) is 7.70. The molecule has 25 heavy (non-hydrogen) atoms. The van der Waals surface area contributed by atoms with Crippen molar-refractivity contribution in [3.8, 4) is 17.2 Å². The molecule has 2 aromatic rings. The first kappa shape index (κ1) is 17.4. The average molecular weight is 362 g/mol. The number of ketones is 1. The van der Waals surface area contributed by atoms with Crippen LogP contribution < -0.4 is 9.47 Å². The van der Waals surface area contributed by atoms with Crippen LogP contribution in [0.15, 0.2) is 47.4 Å². The molecule has 132 valence electrons. The van der Waals surface area contributed by atoms with Gasteiger partial charge in [-0.1, -0.05) is 0 Å². The number of hydrogen-bond acceptors (Lipinski definition) is 6. The van der Waals surface area contributed by atoms with Crippen molar-refractivity contribution in [1.29, 1.82) is 0 Å². The summed E-state index contributed by atoms with van der Waals surface area (Å²) in [5.74, 6) is 1.33. The lowest BCUT2D eigenvalue weighted by Crippen LogP contribution is -2.38. The Balaban J connectivity index is 1.84. The Labute approximate surface area is 146 Å². The van der Waals surface area contributed by atoms with E-state index < -0.39 is 9.84 Å². The van der Waals surface area contributed by atoms with Gasteiger partial charge < -0.3 is 14.2 Å². The monoisotopic (exact) mass is 362 g/mol. The Bertz CT molecular complexity index is 882. The molecule has 1 aliphatic heterocycles. The summed E-state index contributed by atoms with van der Waals surface area (Å²) in [5, 5.41) is 0. The lowest BCUT2D eigenvalue weighted by atomic mass is 10.1. The summed E-state index contributed by atoms with van der Waals surface area (Å²) in [7, 11) is -3.26. The molecule has 1 saturated heterocycles. The molecule has 0 spiro atoms. The fourth-order valence-electron chi connectivity index (χ4n) is 2.27. The van der Waals surface area contributed by atoms with Crippen LogP contribution in [0.1, 0.15) is 17.3 Å². The van der Waals surface area contributed by atoms with Crippen LogP contribution in [0.5, 0.6) is 17.2 Å². The van der Waals surface area contributed by atoms with E-state index in [-0.39, 0.29) is 16.8 Å². The third-order valence-corrected chi connectivity index (χ3v) is 4.81. The van der Waals surface area contributed by atoms with Crippen LogP contribution in [0.4, 0.5) is 0 Å². The molecule has 0 saturated carbocycles. The lowest BCUT2D eigenvalue weighted by molar-refractivity contribution is -0.0797. The van der Waals surface area contributed by atoms with E-state index in [1.54, 1.807) is 30.3 Å². The van der Waals surface area contributed by atoms with Gasteiger partial charge in [0.2, 0.25) is 0 Å².